The standard InChI is InChI=1S/C15H19BrN2O2/c1-10(13(17)19)18-14(20)15(8-2-3-9-15)11-4-6-12(16)7-5-11/h4-7,10H,2-3,8-9H2,1H3,(H2,17,19)(H,18,20). The van der Waals surface area contributed by atoms with Crippen molar-refractivity contribution in [3.63, 3.8) is 0 Å². The fourth-order valence-corrected chi connectivity index (χ4v) is 3.06. The van der Waals surface area contributed by atoms with Gasteiger partial charge in [0, 0.05) is 4.47 Å². The van der Waals surface area contributed by atoms with E-state index in [0.29, 0.717) is 0 Å². The van der Waals surface area contributed by atoms with Crippen LogP contribution in [0.3, 0.4) is 0 Å². The molecule has 0 radical (unpaired) electrons. The lowest BCUT2D eigenvalue weighted by Gasteiger charge is -2.29. The Balaban J connectivity index is 2.28. The molecule has 4 nitrogen and oxygen atoms in total. The van der Waals surface area contributed by atoms with E-state index in [-0.39, 0.29) is 5.91 Å². The van der Waals surface area contributed by atoms with Gasteiger partial charge in [0.2, 0.25) is 11.8 Å². The van der Waals surface area contributed by atoms with Crippen molar-refractivity contribution in [2.75, 3.05) is 0 Å². The van der Waals surface area contributed by atoms with Crippen LogP contribution >= 0.6 is 15.9 Å². The van der Waals surface area contributed by atoms with Crippen molar-refractivity contribution < 1.29 is 9.59 Å². The van der Waals surface area contributed by atoms with E-state index in [1.807, 2.05) is 24.3 Å². The molecule has 2 rings (SSSR count). The van der Waals surface area contributed by atoms with E-state index in [1.54, 1.807) is 6.92 Å². The smallest absolute Gasteiger partial charge is 0.239 e. The molecule has 5 heteroatoms. The quantitative estimate of drug-likeness (QED) is 0.883. The zero-order valence-electron chi connectivity index (χ0n) is 11.5. The van der Waals surface area contributed by atoms with Crippen molar-refractivity contribution >= 4 is 27.7 Å². The average molecular weight is 339 g/mol. The van der Waals surface area contributed by atoms with Gasteiger partial charge in [-0.2, -0.15) is 0 Å². The number of amides is 2. The third kappa shape index (κ3) is 2.87. The Kier molecular flexibility index (Phi) is 4.48. The predicted molar refractivity (Wildman–Crippen MR) is 81.1 cm³/mol. The molecule has 2 amide bonds. The monoisotopic (exact) mass is 338 g/mol. The second kappa shape index (κ2) is 5.95. The SMILES string of the molecule is CC(NC(=O)C1(c2ccc(Br)cc2)CCCC1)C(N)=O. The van der Waals surface area contributed by atoms with E-state index >= 15 is 0 Å². The zero-order valence-corrected chi connectivity index (χ0v) is 13.1. The molecule has 20 heavy (non-hydrogen) atoms. The van der Waals surface area contributed by atoms with Gasteiger partial charge in [-0.3, -0.25) is 9.59 Å². The van der Waals surface area contributed by atoms with Gasteiger partial charge in [0.05, 0.1) is 5.41 Å². The van der Waals surface area contributed by atoms with Crippen LogP contribution in [0.15, 0.2) is 28.7 Å². The molecule has 1 atom stereocenters. The highest BCUT2D eigenvalue weighted by Gasteiger charge is 2.43. The zero-order chi connectivity index (χ0) is 14.8. The van der Waals surface area contributed by atoms with E-state index in [0.717, 1.165) is 35.7 Å². The maximum Gasteiger partial charge on any atom is 0.239 e. The summed E-state index contributed by atoms with van der Waals surface area (Å²) in [7, 11) is 0. The van der Waals surface area contributed by atoms with E-state index < -0.39 is 17.4 Å². The molecule has 3 N–H and O–H groups in total. The van der Waals surface area contributed by atoms with Gasteiger partial charge >= 0.3 is 0 Å². The van der Waals surface area contributed by atoms with Gasteiger partial charge < -0.3 is 11.1 Å². The third-order valence-electron chi connectivity index (χ3n) is 4.06. The first-order valence-corrected chi connectivity index (χ1v) is 7.61. The maximum atomic E-state index is 12.6. The number of benzene rings is 1. The predicted octanol–water partition coefficient (Wildman–Crippen LogP) is 2.25. The van der Waals surface area contributed by atoms with Crippen molar-refractivity contribution in [1.82, 2.24) is 5.32 Å². The largest absolute Gasteiger partial charge is 0.368 e. The summed E-state index contributed by atoms with van der Waals surface area (Å²) in [4.78, 5) is 23.8. The molecule has 1 aliphatic carbocycles. The van der Waals surface area contributed by atoms with Gasteiger partial charge in [-0.15, -0.1) is 0 Å². The highest BCUT2D eigenvalue weighted by molar-refractivity contribution is 9.10. The van der Waals surface area contributed by atoms with Gasteiger partial charge in [-0.1, -0.05) is 40.9 Å². The molecular weight excluding hydrogens is 320 g/mol. The van der Waals surface area contributed by atoms with Crippen LogP contribution in [0.5, 0.6) is 0 Å². The Labute approximate surface area is 127 Å². The third-order valence-corrected chi connectivity index (χ3v) is 4.59. The number of carbonyl (C=O) groups excluding carboxylic acids is 2. The molecule has 0 saturated heterocycles. The first-order chi connectivity index (χ1) is 9.45. The number of rotatable bonds is 4. The Hall–Kier alpha value is -1.36. The fraction of sp³-hybridized carbons (Fsp3) is 0.467. The molecule has 1 aliphatic rings. The lowest BCUT2D eigenvalue weighted by atomic mass is 9.78. The van der Waals surface area contributed by atoms with Gasteiger partial charge in [0.25, 0.3) is 0 Å². The normalized spacial score (nSPS) is 18.5. The van der Waals surface area contributed by atoms with Crippen LogP contribution < -0.4 is 11.1 Å². The second-order valence-corrected chi connectivity index (χ2v) is 6.31. The van der Waals surface area contributed by atoms with Crippen molar-refractivity contribution in [2.24, 2.45) is 5.73 Å². The van der Waals surface area contributed by atoms with E-state index in [1.165, 1.54) is 0 Å². The summed E-state index contributed by atoms with van der Waals surface area (Å²) in [6.45, 7) is 1.62. The molecule has 0 bridgehead atoms. The Morgan fingerprint density at radius 3 is 2.30 bits per heavy atom. The minimum atomic E-state index is -0.643. The molecule has 1 fully saturated rings. The summed E-state index contributed by atoms with van der Waals surface area (Å²) in [5.41, 5.74) is 5.71. The number of hydrogen-bond acceptors (Lipinski definition) is 2. The lowest BCUT2D eigenvalue weighted by molar-refractivity contribution is -0.130. The minimum absolute atomic E-state index is 0.0939. The number of nitrogens with two attached hydrogens (primary N) is 1. The van der Waals surface area contributed by atoms with E-state index in [9.17, 15) is 9.59 Å². The van der Waals surface area contributed by atoms with Crippen LogP contribution in [-0.2, 0) is 15.0 Å². The summed E-state index contributed by atoms with van der Waals surface area (Å²) in [6, 6.07) is 7.20. The van der Waals surface area contributed by atoms with Crippen LogP contribution in [0.2, 0.25) is 0 Å². The first kappa shape index (κ1) is 15.0. The number of carbonyl (C=O) groups is 2. The first-order valence-electron chi connectivity index (χ1n) is 6.82. The summed E-state index contributed by atoms with van der Waals surface area (Å²) in [5, 5.41) is 2.75. The molecule has 1 saturated carbocycles. The molecular formula is C15H19BrN2O2. The molecule has 0 aliphatic heterocycles. The maximum absolute atomic E-state index is 12.6. The number of primary amides is 1. The molecule has 1 aromatic carbocycles. The Bertz CT molecular complexity index is 507. The minimum Gasteiger partial charge on any atom is -0.368 e. The van der Waals surface area contributed by atoms with Gasteiger partial charge in [0.1, 0.15) is 6.04 Å². The Morgan fingerprint density at radius 2 is 1.80 bits per heavy atom. The summed E-state index contributed by atoms with van der Waals surface area (Å²) >= 11 is 3.41. The van der Waals surface area contributed by atoms with Gasteiger partial charge in [0.15, 0.2) is 0 Å². The molecule has 1 unspecified atom stereocenters. The average Bonchev–Trinajstić information content (AvgIpc) is 2.90. The van der Waals surface area contributed by atoms with Crippen LogP contribution in [0.4, 0.5) is 0 Å². The lowest BCUT2D eigenvalue weighted by Crippen LogP contribution is -2.50. The topological polar surface area (TPSA) is 72.2 Å². The van der Waals surface area contributed by atoms with E-state index in [4.69, 9.17) is 5.73 Å². The van der Waals surface area contributed by atoms with Gasteiger partial charge in [-0.05, 0) is 37.5 Å². The highest BCUT2D eigenvalue weighted by Crippen LogP contribution is 2.41. The summed E-state index contributed by atoms with van der Waals surface area (Å²) < 4.78 is 0.986. The molecule has 0 aromatic heterocycles. The van der Waals surface area contributed by atoms with Crippen molar-refractivity contribution in [2.45, 2.75) is 44.1 Å². The van der Waals surface area contributed by atoms with Crippen molar-refractivity contribution in [3.05, 3.63) is 34.3 Å². The molecule has 1 aromatic rings. The van der Waals surface area contributed by atoms with Crippen LogP contribution in [0.25, 0.3) is 0 Å². The second-order valence-electron chi connectivity index (χ2n) is 5.39. The molecule has 0 spiro atoms. The summed E-state index contributed by atoms with van der Waals surface area (Å²) in [5.74, 6) is -0.606. The number of nitrogens with one attached hydrogen (secondary N) is 1. The van der Waals surface area contributed by atoms with E-state index in [2.05, 4.69) is 21.2 Å². The molecule has 0 heterocycles. The molecule has 108 valence electrons. The summed E-state index contributed by atoms with van der Waals surface area (Å²) in [6.07, 6.45) is 3.67. The highest BCUT2D eigenvalue weighted by atomic mass is 79.9. The van der Waals surface area contributed by atoms with Crippen molar-refractivity contribution in [3.8, 4) is 0 Å². The van der Waals surface area contributed by atoms with Crippen LogP contribution in [0, 0.1) is 0 Å². The van der Waals surface area contributed by atoms with Crippen LogP contribution in [0.1, 0.15) is 38.2 Å². The Morgan fingerprint density at radius 1 is 1.25 bits per heavy atom. The van der Waals surface area contributed by atoms with Crippen LogP contribution in [-0.4, -0.2) is 17.9 Å². The number of hydrogen-bond donors (Lipinski definition) is 2. The van der Waals surface area contributed by atoms with Crippen molar-refractivity contribution in [1.29, 1.82) is 0 Å². The van der Waals surface area contributed by atoms with Gasteiger partial charge in [-0.25, -0.2) is 0 Å². The fourth-order valence-electron chi connectivity index (χ4n) is 2.80. The number of halogens is 1.